The van der Waals surface area contributed by atoms with Gasteiger partial charge in [0, 0.05) is 60.0 Å². The van der Waals surface area contributed by atoms with Crippen LogP contribution in [0.15, 0.2) is 179 Å². The largest absolute Gasteiger partial charge is 0.501 e. The molecule has 4 heterocycles. The second kappa shape index (κ2) is 19.5. The first-order valence-corrected chi connectivity index (χ1v) is 24.6. The van der Waals surface area contributed by atoms with Gasteiger partial charge < -0.3 is 18.0 Å². The molecular formula is C64H56IrN4O2-2. The zero-order chi connectivity index (χ0) is 48.2. The fraction of sp³-hybridized carbons (Fsp3) is 0.188. The SMILES string of the molecule is CC(C)c1cccc(C(C)C)c1-n1c(-c2[c-]cccc2)nc2ccccc21.CC(C)c1cccc(C(C)C)c1-n1ccnc1-c1[c-]ccc2c1oc1cc(-c3ccc4c(c3)oc3ccccc34)ccc12.[Ir]. The van der Waals surface area contributed by atoms with Crippen LogP contribution < -0.4 is 0 Å². The minimum absolute atomic E-state index is 0. The summed E-state index contributed by atoms with van der Waals surface area (Å²) in [7, 11) is 0. The summed E-state index contributed by atoms with van der Waals surface area (Å²) in [4.78, 5) is 9.85. The average molecular weight is 1110 g/mol. The van der Waals surface area contributed by atoms with Gasteiger partial charge in [-0.25, -0.2) is 0 Å². The van der Waals surface area contributed by atoms with E-state index >= 15 is 0 Å². The van der Waals surface area contributed by atoms with E-state index < -0.39 is 0 Å². The van der Waals surface area contributed by atoms with Gasteiger partial charge in [-0.1, -0.05) is 151 Å². The van der Waals surface area contributed by atoms with Gasteiger partial charge >= 0.3 is 0 Å². The Labute approximate surface area is 429 Å². The van der Waals surface area contributed by atoms with E-state index in [9.17, 15) is 0 Å². The summed E-state index contributed by atoms with van der Waals surface area (Å²) in [6.45, 7) is 18.0. The average Bonchev–Trinajstić information content (AvgIpc) is 4.19. The number of para-hydroxylation sites is 5. The molecule has 0 saturated carbocycles. The predicted octanol–water partition coefficient (Wildman–Crippen LogP) is 17.8. The first kappa shape index (κ1) is 47.4. The Hall–Kier alpha value is -7.31. The zero-order valence-electron chi connectivity index (χ0n) is 41.4. The maximum absolute atomic E-state index is 6.64. The van der Waals surface area contributed by atoms with Gasteiger partial charge in [0.05, 0.1) is 28.3 Å². The number of hydrogen-bond donors (Lipinski definition) is 0. The molecule has 12 aromatic rings. The van der Waals surface area contributed by atoms with Crippen molar-refractivity contribution in [1.82, 2.24) is 19.1 Å². The monoisotopic (exact) mass is 1110 g/mol. The molecule has 71 heavy (non-hydrogen) atoms. The maximum Gasteiger partial charge on any atom is 0.136 e. The number of furan rings is 2. The number of benzene rings is 8. The van der Waals surface area contributed by atoms with Crippen molar-refractivity contribution in [2.75, 3.05) is 0 Å². The van der Waals surface area contributed by atoms with Crippen molar-refractivity contribution in [1.29, 1.82) is 0 Å². The van der Waals surface area contributed by atoms with Gasteiger partial charge in [0.25, 0.3) is 0 Å². The van der Waals surface area contributed by atoms with Crippen LogP contribution in [-0.4, -0.2) is 19.1 Å². The fourth-order valence-corrected chi connectivity index (χ4v) is 10.2. The van der Waals surface area contributed by atoms with Crippen molar-refractivity contribution >= 4 is 54.9 Å². The van der Waals surface area contributed by atoms with E-state index in [1.54, 1.807) is 0 Å². The first-order valence-electron chi connectivity index (χ1n) is 24.6. The smallest absolute Gasteiger partial charge is 0.136 e. The topological polar surface area (TPSA) is 61.9 Å². The molecule has 0 amide bonds. The molecule has 0 unspecified atom stereocenters. The van der Waals surface area contributed by atoms with Crippen LogP contribution in [0.1, 0.15) is 101 Å². The molecule has 0 atom stereocenters. The van der Waals surface area contributed by atoms with Gasteiger partial charge in [-0.3, -0.25) is 9.97 Å². The number of imidazole rings is 2. The van der Waals surface area contributed by atoms with Gasteiger partial charge in [-0.15, -0.1) is 54.1 Å². The van der Waals surface area contributed by atoms with Crippen LogP contribution in [0, 0.1) is 12.1 Å². The van der Waals surface area contributed by atoms with E-state index in [1.165, 1.54) is 33.6 Å². The van der Waals surface area contributed by atoms with Crippen molar-refractivity contribution in [3.63, 3.8) is 0 Å². The van der Waals surface area contributed by atoms with E-state index in [4.69, 9.17) is 18.8 Å². The van der Waals surface area contributed by atoms with Crippen molar-refractivity contribution in [3.05, 3.63) is 205 Å². The summed E-state index contributed by atoms with van der Waals surface area (Å²) in [6.07, 6.45) is 3.93. The van der Waals surface area contributed by atoms with Gasteiger partial charge in [0.2, 0.25) is 0 Å². The summed E-state index contributed by atoms with van der Waals surface area (Å²) < 4.78 is 17.4. The van der Waals surface area contributed by atoms with Crippen LogP contribution in [0.25, 0.3) is 100 Å². The number of fused-ring (bicyclic) bond motifs is 7. The van der Waals surface area contributed by atoms with Crippen molar-refractivity contribution < 1.29 is 28.9 Å². The van der Waals surface area contributed by atoms with Crippen LogP contribution in [0.5, 0.6) is 0 Å². The van der Waals surface area contributed by atoms with Crippen LogP contribution in [0.3, 0.4) is 0 Å². The quantitative estimate of drug-likeness (QED) is 0.135. The van der Waals surface area contributed by atoms with Crippen molar-refractivity contribution in [3.8, 4) is 45.3 Å². The standard InChI is InChI=1S/C39H31N2O2.C25H25N2.Ir/c1-23(2)27-10-7-11-28(24(3)4)37(27)41-20-19-40-39(41)33-13-8-12-32-31-18-16-26(22-36(31)43-38(32)33)25-15-17-30-29-9-5-6-14-34(29)42-35(30)21-25;1-17(2)20-13-10-14-21(18(3)4)24(20)27-23-16-9-8-15-22(23)26-25(27)19-11-6-5-7-12-19;/h5-12,14-24H,1-4H3;5-11,13-18H,1-4H3;/q2*-1;. The Morgan fingerprint density at radius 1 is 0.479 bits per heavy atom. The molecule has 7 heteroatoms. The number of hydrogen-bond acceptors (Lipinski definition) is 4. The van der Waals surface area contributed by atoms with E-state index in [0.717, 1.165) is 88.8 Å². The molecule has 1 radical (unpaired) electrons. The second-order valence-corrected chi connectivity index (χ2v) is 19.6. The molecule has 355 valence electrons. The molecular weight excluding hydrogens is 1050 g/mol. The molecule has 8 aromatic carbocycles. The van der Waals surface area contributed by atoms with Crippen LogP contribution >= 0.6 is 0 Å². The number of aromatic nitrogens is 4. The summed E-state index contributed by atoms with van der Waals surface area (Å²) in [5.74, 6) is 3.36. The van der Waals surface area contributed by atoms with Crippen molar-refractivity contribution in [2.45, 2.75) is 79.1 Å². The van der Waals surface area contributed by atoms with Crippen LogP contribution in [-0.2, 0) is 20.1 Å². The summed E-state index contributed by atoms with van der Waals surface area (Å²) in [5, 5.41) is 4.39. The van der Waals surface area contributed by atoms with E-state index in [-0.39, 0.29) is 20.1 Å². The Balaban J connectivity index is 0.000000179. The minimum atomic E-state index is 0. The number of nitrogens with zero attached hydrogens (tertiary/aromatic N) is 4. The molecule has 0 bridgehead atoms. The molecule has 6 nitrogen and oxygen atoms in total. The summed E-state index contributed by atoms with van der Waals surface area (Å²) >= 11 is 0. The van der Waals surface area contributed by atoms with Gasteiger partial charge in [0.15, 0.2) is 0 Å². The predicted molar refractivity (Wildman–Crippen MR) is 290 cm³/mol. The minimum Gasteiger partial charge on any atom is -0.501 e. The Morgan fingerprint density at radius 2 is 1.06 bits per heavy atom. The van der Waals surface area contributed by atoms with Gasteiger partial charge in [-0.05, 0) is 93.5 Å². The van der Waals surface area contributed by atoms with Crippen molar-refractivity contribution in [2.24, 2.45) is 0 Å². The molecule has 0 saturated heterocycles. The molecule has 0 spiro atoms. The third-order valence-electron chi connectivity index (χ3n) is 13.7. The molecule has 0 N–H and O–H groups in total. The van der Waals surface area contributed by atoms with Gasteiger partial charge in [-0.2, -0.15) is 0 Å². The molecule has 12 rings (SSSR count). The third kappa shape index (κ3) is 8.51. The van der Waals surface area contributed by atoms with E-state index in [1.807, 2.05) is 48.7 Å². The molecule has 0 aliphatic carbocycles. The van der Waals surface area contributed by atoms with E-state index in [2.05, 4.69) is 198 Å². The van der Waals surface area contributed by atoms with Crippen LogP contribution in [0.2, 0.25) is 0 Å². The molecule has 0 fully saturated rings. The maximum atomic E-state index is 6.64. The Morgan fingerprint density at radius 3 is 1.70 bits per heavy atom. The third-order valence-corrected chi connectivity index (χ3v) is 13.7. The second-order valence-electron chi connectivity index (χ2n) is 19.6. The summed E-state index contributed by atoms with van der Waals surface area (Å²) in [5.41, 5.74) is 17.4. The van der Waals surface area contributed by atoms with Crippen LogP contribution in [0.4, 0.5) is 0 Å². The fourth-order valence-electron chi connectivity index (χ4n) is 10.2. The zero-order valence-corrected chi connectivity index (χ0v) is 43.8. The van der Waals surface area contributed by atoms with E-state index in [0.29, 0.717) is 23.7 Å². The summed E-state index contributed by atoms with van der Waals surface area (Å²) in [6, 6.07) is 61.7. The molecule has 0 aliphatic heterocycles. The van der Waals surface area contributed by atoms with Gasteiger partial charge in [0.1, 0.15) is 16.7 Å². The Kier molecular flexibility index (Phi) is 13.0. The Bertz CT molecular complexity index is 3810. The normalized spacial score (nSPS) is 11.8. The molecule has 0 aliphatic rings. The molecule has 4 aromatic heterocycles. The number of rotatable bonds is 9. The first-order chi connectivity index (χ1) is 34.0.